The summed E-state index contributed by atoms with van der Waals surface area (Å²) in [5.41, 5.74) is 1.77. The molecule has 32 heavy (non-hydrogen) atoms. The Balaban J connectivity index is 1.55. The van der Waals surface area contributed by atoms with Crippen molar-refractivity contribution in [1.82, 2.24) is 25.1 Å². The predicted molar refractivity (Wildman–Crippen MR) is 126 cm³/mol. The molecule has 3 aromatic rings. The van der Waals surface area contributed by atoms with Gasteiger partial charge in [0.25, 0.3) is 0 Å². The molecule has 1 aliphatic rings. The van der Waals surface area contributed by atoms with Crippen LogP contribution in [0.2, 0.25) is 0 Å². The lowest BCUT2D eigenvalue weighted by molar-refractivity contribution is -0.119. The predicted octanol–water partition coefficient (Wildman–Crippen LogP) is 4.52. The standard InChI is InChI=1S/C24H29N5O2S/c1-3-31-20-12-10-19(11-13-20)29-23(18-8-6-14-25-15-18)27-28-24(29)32-16-22(30)26-21-9-5-4-7-17(21)2/h6,8,10-15,17,21H,3-5,7,9,16H2,1-2H3,(H,26,30). The van der Waals surface area contributed by atoms with Gasteiger partial charge in [0.15, 0.2) is 11.0 Å². The van der Waals surface area contributed by atoms with Gasteiger partial charge < -0.3 is 10.1 Å². The van der Waals surface area contributed by atoms with E-state index < -0.39 is 0 Å². The van der Waals surface area contributed by atoms with Gasteiger partial charge in [0.1, 0.15) is 5.75 Å². The molecule has 0 spiro atoms. The molecule has 168 valence electrons. The van der Waals surface area contributed by atoms with Gasteiger partial charge in [0.2, 0.25) is 5.91 Å². The first kappa shape index (κ1) is 22.3. The van der Waals surface area contributed by atoms with Crippen LogP contribution in [0, 0.1) is 5.92 Å². The summed E-state index contributed by atoms with van der Waals surface area (Å²) in [5, 5.41) is 12.7. The van der Waals surface area contributed by atoms with Crippen LogP contribution in [0.1, 0.15) is 39.5 Å². The first-order valence-corrected chi connectivity index (χ1v) is 12.2. The second-order valence-corrected chi connectivity index (χ2v) is 8.98. The van der Waals surface area contributed by atoms with E-state index in [9.17, 15) is 4.79 Å². The molecule has 7 nitrogen and oxygen atoms in total. The van der Waals surface area contributed by atoms with Crippen LogP contribution in [0.5, 0.6) is 5.75 Å². The lowest BCUT2D eigenvalue weighted by Crippen LogP contribution is -2.41. The largest absolute Gasteiger partial charge is 0.494 e. The van der Waals surface area contributed by atoms with Crippen LogP contribution in [-0.2, 0) is 4.79 Å². The Morgan fingerprint density at radius 1 is 1.19 bits per heavy atom. The zero-order valence-corrected chi connectivity index (χ0v) is 19.3. The smallest absolute Gasteiger partial charge is 0.230 e. The summed E-state index contributed by atoms with van der Waals surface area (Å²) in [7, 11) is 0. The molecule has 4 rings (SSSR count). The van der Waals surface area contributed by atoms with Crippen molar-refractivity contribution in [3.8, 4) is 22.8 Å². The highest BCUT2D eigenvalue weighted by Crippen LogP contribution is 2.29. The molecule has 1 amide bonds. The van der Waals surface area contributed by atoms with E-state index in [0.717, 1.165) is 23.4 Å². The van der Waals surface area contributed by atoms with Gasteiger partial charge in [0.05, 0.1) is 12.4 Å². The summed E-state index contributed by atoms with van der Waals surface area (Å²) in [6.45, 7) is 4.80. The molecule has 0 aliphatic heterocycles. The summed E-state index contributed by atoms with van der Waals surface area (Å²) in [4.78, 5) is 16.9. The average molecular weight is 452 g/mol. The maximum Gasteiger partial charge on any atom is 0.230 e. The molecule has 0 bridgehead atoms. The molecular formula is C24H29N5O2S. The maximum absolute atomic E-state index is 12.7. The van der Waals surface area contributed by atoms with E-state index in [-0.39, 0.29) is 11.9 Å². The van der Waals surface area contributed by atoms with E-state index in [1.54, 1.807) is 12.4 Å². The summed E-state index contributed by atoms with van der Waals surface area (Å²) >= 11 is 1.40. The zero-order chi connectivity index (χ0) is 22.3. The third-order valence-corrected chi connectivity index (χ3v) is 6.68. The SMILES string of the molecule is CCOc1ccc(-n2c(SCC(=O)NC3CCCCC3C)nnc2-c2cccnc2)cc1. The number of carbonyl (C=O) groups excluding carboxylic acids is 1. The van der Waals surface area contributed by atoms with Gasteiger partial charge in [-0.1, -0.05) is 31.5 Å². The molecule has 2 aromatic heterocycles. The highest BCUT2D eigenvalue weighted by molar-refractivity contribution is 7.99. The average Bonchev–Trinajstić information content (AvgIpc) is 3.24. The number of pyridine rings is 1. The first-order chi connectivity index (χ1) is 15.7. The molecule has 1 saturated carbocycles. The summed E-state index contributed by atoms with van der Waals surface area (Å²) in [5.74, 6) is 2.36. The number of carbonyl (C=O) groups is 1. The fourth-order valence-corrected chi connectivity index (χ4v) is 4.81. The quantitative estimate of drug-likeness (QED) is 0.507. The molecule has 2 heterocycles. The zero-order valence-electron chi connectivity index (χ0n) is 18.5. The van der Waals surface area contributed by atoms with E-state index in [1.165, 1.54) is 31.0 Å². The van der Waals surface area contributed by atoms with Crippen LogP contribution in [0.4, 0.5) is 0 Å². The van der Waals surface area contributed by atoms with Crippen molar-refractivity contribution in [1.29, 1.82) is 0 Å². The lowest BCUT2D eigenvalue weighted by Gasteiger charge is -2.29. The normalized spacial score (nSPS) is 18.3. The van der Waals surface area contributed by atoms with E-state index in [4.69, 9.17) is 4.74 Å². The minimum Gasteiger partial charge on any atom is -0.494 e. The van der Waals surface area contributed by atoms with Gasteiger partial charge in [-0.2, -0.15) is 0 Å². The fraction of sp³-hybridized carbons (Fsp3) is 0.417. The Labute approximate surface area is 193 Å². The molecule has 1 aliphatic carbocycles. The first-order valence-electron chi connectivity index (χ1n) is 11.2. The van der Waals surface area contributed by atoms with Crippen LogP contribution >= 0.6 is 11.8 Å². The highest BCUT2D eigenvalue weighted by Gasteiger charge is 2.23. The molecule has 1 aromatic carbocycles. The van der Waals surface area contributed by atoms with Crippen molar-refractivity contribution in [3.05, 3.63) is 48.8 Å². The molecule has 1 fully saturated rings. The number of hydrogen-bond donors (Lipinski definition) is 1. The Bertz CT molecular complexity index is 1020. The van der Waals surface area contributed by atoms with Crippen LogP contribution in [0.3, 0.4) is 0 Å². The van der Waals surface area contributed by atoms with Crippen LogP contribution in [0.25, 0.3) is 17.1 Å². The van der Waals surface area contributed by atoms with Gasteiger partial charge in [0, 0.05) is 29.7 Å². The fourth-order valence-electron chi connectivity index (χ4n) is 4.05. The van der Waals surface area contributed by atoms with Gasteiger partial charge in [-0.15, -0.1) is 10.2 Å². The van der Waals surface area contributed by atoms with Crippen molar-refractivity contribution in [3.63, 3.8) is 0 Å². The van der Waals surface area contributed by atoms with Gasteiger partial charge in [-0.05, 0) is 62.1 Å². The van der Waals surface area contributed by atoms with Crippen molar-refractivity contribution < 1.29 is 9.53 Å². The second-order valence-electron chi connectivity index (χ2n) is 8.03. The van der Waals surface area contributed by atoms with E-state index >= 15 is 0 Å². The molecule has 0 saturated heterocycles. The highest BCUT2D eigenvalue weighted by atomic mass is 32.2. The van der Waals surface area contributed by atoms with Crippen molar-refractivity contribution in [2.75, 3.05) is 12.4 Å². The van der Waals surface area contributed by atoms with Crippen molar-refractivity contribution in [2.45, 2.75) is 50.7 Å². The number of nitrogens with zero attached hydrogens (tertiary/aromatic N) is 4. The van der Waals surface area contributed by atoms with Crippen LogP contribution in [0.15, 0.2) is 53.9 Å². The van der Waals surface area contributed by atoms with Gasteiger partial charge >= 0.3 is 0 Å². The van der Waals surface area contributed by atoms with Crippen molar-refractivity contribution in [2.24, 2.45) is 5.92 Å². The Morgan fingerprint density at radius 2 is 2.00 bits per heavy atom. The third kappa shape index (κ3) is 5.30. The number of rotatable bonds is 8. The molecule has 8 heteroatoms. The minimum atomic E-state index is 0.0397. The second kappa shape index (κ2) is 10.6. The summed E-state index contributed by atoms with van der Waals surface area (Å²) < 4.78 is 7.54. The number of benzene rings is 1. The van der Waals surface area contributed by atoms with E-state index in [2.05, 4.69) is 27.4 Å². The summed E-state index contributed by atoms with van der Waals surface area (Å²) in [6.07, 6.45) is 8.17. The van der Waals surface area contributed by atoms with Crippen molar-refractivity contribution >= 4 is 17.7 Å². The number of hydrogen-bond acceptors (Lipinski definition) is 6. The Kier molecular flexibility index (Phi) is 7.42. The lowest BCUT2D eigenvalue weighted by atomic mass is 9.86. The molecule has 1 N–H and O–H groups in total. The van der Waals surface area contributed by atoms with E-state index in [0.29, 0.717) is 29.3 Å². The molecule has 2 unspecified atom stereocenters. The van der Waals surface area contributed by atoms with Gasteiger partial charge in [-0.3, -0.25) is 14.3 Å². The summed E-state index contributed by atoms with van der Waals surface area (Å²) in [6, 6.07) is 11.9. The number of thioether (sulfide) groups is 1. The number of aromatic nitrogens is 4. The number of amides is 1. The topological polar surface area (TPSA) is 81.9 Å². The number of ether oxygens (including phenoxy) is 1. The van der Waals surface area contributed by atoms with Crippen LogP contribution in [-0.4, -0.2) is 44.1 Å². The molecule has 0 radical (unpaired) electrons. The maximum atomic E-state index is 12.7. The Hall–Kier alpha value is -2.87. The third-order valence-electron chi connectivity index (χ3n) is 5.75. The molecular weight excluding hydrogens is 422 g/mol. The van der Waals surface area contributed by atoms with Gasteiger partial charge in [-0.25, -0.2) is 0 Å². The monoisotopic (exact) mass is 451 g/mol. The van der Waals surface area contributed by atoms with E-state index in [1.807, 2.05) is 47.9 Å². The minimum absolute atomic E-state index is 0.0397. The molecule has 2 atom stereocenters. The van der Waals surface area contributed by atoms with Crippen LogP contribution < -0.4 is 10.1 Å². The Morgan fingerprint density at radius 3 is 2.72 bits per heavy atom. The number of nitrogens with one attached hydrogen (secondary N) is 1.